The second-order valence-electron chi connectivity index (χ2n) is 4.75. The number of hydrogen-bond donors (Lipinski definition) is 2. The highest BCUT2D eigenvalue weighted by Crippen LogP contribution is 2.30. The summed E-state index contributed by atoms with van der Waals surface area (Å²) in [6.07, 6.45) is 5.06. The van der Waals surface area contributed by atoms with Crippen molar-refractivity contribution in [1.29, 1.82) is 0 Å². The van der Waals surface area contributed by atoms with Crippen LogP contribution in [0.5, 0.6) is 0 Å². The Balaban J connectivity index is 2.02. The molecule has 1 heterocycles. The second kappa shape index (κ2) is 5.50. The van der Waals surface area contributed by atoms with Crippen molar-refractivity contribution in [3.63, 3.8) is 0 Å². The van der Waals surface area contributed by atoms with Crippen LogP contribution in [0, 0.1) is 5.92 Å². The number of nitrogens with zero attached hydrogens (tertiary/aromatic N) is 2. The smallest absolute Gasteiger partial charge is 0.153 e. The van der Waals surface area contributed by atoms with Crippen LogP contribution in [0.2, 0.25) is 0 Å². The van der Waals surface area contributed by atoms with Crippen LogP contribution in [0.4, 0.5) is 0 Å². The van der Waals surface area contributed by atoms with Crippen LogP contribution < -0.4 is 5.73 Å². The molecule has 2 fully saturated rings. The summed E-state index contributed by atoms with van der Waals surface area (Å²) >= 11 is 0. The maximum atomic E-state index is 8.64. The second-order valence-corrected chi connectivity index (χ2v) is 4.75. The minimum absolute atomic E-state index is 0.297. The van der Waals surface area contributed by atoms with Gasteiger partial charge in [-0.2, -0.15) is 0 Å². The summed E-state index contributed by atoms with van der Waals surface area (Å²) in [6.45, 7) is 3.07. The minimum Gasteiger partial charge on any atom is -0.409 e. The van der Waals surface area contributed by atoms with Crippen molar-refractivity contribution in [2.24, 2.45) is 16.8 Å². The van der Waals surface area contributed by atoms with Gasteiger partial charge < -0.3 is 15.7 Å². The quantitative estimate of drug-likeness (QED) is 0.314. The lowest BCUT2D eigenvalue weighted by Crippen LogP contribution is -2.46. The first-order valence-electron chi connectivity index (χ1n) is 6.09. The molecular weight excluding hydrogens is 206 g/mol. The molecule has 3 N–H and O–H groups in total. The zero-order valence-electron chi connectivity index (χ0n) is 9.64. The standard InChI is InChI=1S/C11H21N3O2/c12-11(13-15)7-14-5-6-16-8-9-3-1-2-4-10(9)14/h9-10,15H,1-8H2,(H2,12,13)/t9-,10+/m0/s1. The van der Waals surface area contributed by atoms with Crippen molar-refractivity contribution in [2.45, 2.75) is 31.7 Å². The average Bonchev–Trinajstić information content (AvgIpc) is 2.52. The van der Waals surface area contributed by atoms with Gasteiger partial charge in [-0.25, -0.2) is 0 Å². The Morgan fingerprint density at radius 2 is 2.25 bits per heavy atom. The molecule has 1 saturated heterocycles. The van der Waals surface area contributed by atoms with Crippen LogP contribution >= 0.6 is 0 Å². The Kier molecular flexibility index (Phi) is 4.01. The molecule has 5 nitrogen and oxygen atoms in total. The highest BCUT2D eigenvalue weighted by Gasteiger charge is 2.32. The highest BCUT2D eigenvalue weighted by atomic mass is 16.5. The van der Waals surface area contributed by atoms with E-state index in [9.17, 15) is 0 Å². The van der Waals surface area contributed by atoms with Gasteiger partial charge in [0.15, 0.2) is 5.84 Å². The summed E-state index contributed by atoms with van der Waals surface area (Å²) in [7, 11) is 0. The number of hydrogen-bond acceptors (Lipinski definition) is 4. The molecule has 0 aromatic carbocycles. The Morgan fingerprint density at radius 3 is 3.06 bits per heavy atom. The lowest BCUT2D eigenvalue weighted by Gasteiger charge is -2.37. The van der Waals surface area contributed by atoms with Crippen LogP contribution in [0.1, 0.15) is 25.7 Å². The first-order valence-corrected chi connectivity index (χ1v) is 6.09. The van der Waals surface area contributed by atoms with E-state index < -0.39 is 0 Å². The molecular formula is C11H21N3O2. The third-order valence-corrected chi connectivity index (χ3v) is 3.69. The molecule has 2 rings (SSSR count). The van der Waals surface area contributed by atoms with E-state index in [1.54, 1.807) is 0 Å². The van der Waals surface area contributed by atoms with Gasteiger partial charge in [0.05, 0.1) is 19.8 Å². The highest BCUT2D eigenvalue weighted by molar-refractivity contribution is 5.81. The number of rotatable bonds is 2. The molecule has 0 bridgehead atoms. The molecule has 2 atom stereocenters. The molecule has 0 aromatic rings. The van der Waals surface area contributed by atoms with Crippen molar-refractivity contribution in [2.75, 3.05) is 26.3 Å². The van der Waals surface area contributed by atoms with E-state index in [2.05, 4.69) is 10.1 Å². The SMILES string of the molecule is NC(CN1CCOC[C@@H]2CCCC[C@H]21)=NO. The van der Waals surface area contributed by atoms with Gasteiger partial charge in [0.2, 0.25) is 0 Å². The molecule has 5 heteroatoms. The Morgan fingerprint density at radius 1 is 1.44 bits per heavy atom. The fourth-order valence-corrected chi connectivity index (χ4v) is 2.88. The predicted molar refractivity (Wildman–Crippen MR) is 61.5 cm³/mol. The fourth-order valence-electron chi connectivity index (χ4n) is 2.88. The first-order chi connectivity index (χ1) is 7.81. The Hall–Kier alpha value is -0.810. The molecule has 1 saturated carbocycles. The Bertz CT molecular complexity index is 258. The van der Waals surface area contributed by atoms with E-state index in [0.717, 1.165) is 19.8 Å². The molecule has 0 amide bonds. The minimum atomic E-state index is 0.297. The van der Waals surface area contributed by atoms with Crippen molar-refractivity contribution in [3.8, 4) is 0 Å². The maximum Gasteiger partial charge on any atom is 0.153 e. The van der Waals surface area contributed by atoms with E-state index in [4.69, 9.17) is 15.7 Å². The van der Waals surface area contributed by atoms with Crippen LogP contribution in [-0.2, 0) is 4.74 Å². The third-order valence-electron chi connectivity index (χ3n) is 3.69. The van der Waals surface area contributed by atoms with Gasteiger partial charge in [-0.05, 0) is 18.8 Å². The lowest BCUT2D eigenvalue weighted by molar-refractivity contribution is 0.0970. The van der Waals surface area contributed by atoms with Crippen LogP contribution in [-0.4, -0.2) is 48.3 Å². The topological polar surface area (TPSA) is 71.1 Å². The first kappa shape index (κ1) is 11.7. The van der Waals surface area contributed by atoms with Crippen molar-refractivity contribution in [1.82, 2.24) is 4.90 Å². The van der Waals surface area contributed by atoms with E-state index in [1.165, 1.54) is 25.7 Å². The molecule has 0 unspecified atom stereocenters. The summed E-state index contributed by atoms with van der Waals surface area (Å²) in [4.78, 5) is 2.31. The van der Waals surface area contributed by atoms with Crippen LogP contribution in [0.15, 0.2) is 5.16 Å². The molecule has 0 aromatic heterocycles. The predicted octanol–water partition coefficient (Wildman–Crippen LogP) is 0.624. The van der Waals surface area contributed by atoms with Gasteiger partial charge in [-0.1, -0.05) is 18.0 Å². The normalized spacial score (nSPS) is 33.1. The summed E-state index contributed by atoms with van der Waals surface area (Å²) in [5, 5.41) is 11.7. The number of ether oxygens (including phenoxy) is 1. The Labute approximate surface area is 96.2 Å². The molecule has 1 aliphatic carbocycles. The van der Waals surface area contributed by atoms with Gasteiger partial charge in [0, 0.05) is 12.6 Å². The summed E-state index contributed by atoms with van der Waals surface area (Å²) in [5.41, 5.74) is 5.59. The number of fused-ring (bicyclic) bond motifs is 1. The van der Waals surface area contributed by atoms with E-state index in [0.29, 0.717) is 24.3 Å². The van der Waals surface area contributed by atoms with Gasteiger partial charge >= 0.3 is 0 Å². The molecule has 1 aliphatic heterocycles. The lowest BCUT2D eigenvalue weighted by atomic mass is 9.84. The van der Waals surface area contributed by atoms with Crippen molar-refractivity contribution < 1.29 is 9.94 Å². The zero-order valence-corrected chi connectivity index (χ0v) is 9.64. The van der Waals surface area contributed by atoms with E-state index in [1.807, 2.05) is 0 Å². The van der Waals surface area contributed by atoms with Crippen LogP contribution in [0.3, 0.4) is 0 Å². The van der Waals surface area contributed by atoms with Gasteiger partial charge in [0.25, 0.3) is 0 Å². The van der Waals surface area contributed by atoms with Crippen LogP contribution in [0.25, 0.3) is 0 Å². The number of oxime groups is 1. The van der Waals surface area contributed by atoms with E-state index in [-0.39, 0.29) is 0 Å². The molecule has 0 spiro atoms. The van der Waals surface area contributed by atoms with Crippen molar-refractivity contribution >= 4 is 5.84 Å². The molecule has 92 valence electrons. The van der Waals surface area contributed by atoms with Gasteiger partial charge in [0.1, 0.15) is 0 Å². The van der Waals surface area contributed by atoms with Gasteiger partial charge in [-0.15, -0.1) is 0 Å². The molecule has 16 heavy (non-hydrogen) atoms. The summed E-state index contributed by atoms with van der Waals surface area (Å²) in [6, 6.07) is 0.552. The average molecular weight is 227 g/mol. The number of amidine groups is 1. The molecule has 0 radical (unpaired) electrons. The summed E-state index contributed by atoms with van der Waals surface area (Å²) < 4.78 is 5.62. The molecule has 2 aliphatic rings. The fraction of sp³-hybridized carbons (Fsp3) is 0.909. The van der Waals surface area contributed by atoms with E-state index >= 15 is 0 Å². The maximum absolute atomic E-state index is 8.64. The summed E-state index contributed by atoms with van der Waals surface area (Å²) in [5.74, 6) is 0.925. The third kappa shape index (κ3) is 2.65. The van der Waals surface area contributed by atoms with Gasteiger partial charge in [-0.3, -0.25) is 4.90 Å². The monoisotopic (exact) mass is 227 g/mol. The van der Waals surface area contributed by atoms with Crippen molar-refractivity contribution in [3.05, 3.63) is 0 Å². The largest absolute Gasteiger partial charge is 0.409 e. The zero-order chi connectivity index (χ0) is 11.4. The number of nitrogens with two attached hydrogens (primary N) is 1.